The van der Waals surface area contributed by atoms with Crippen LogP contribution in [0.3, 0.4) is 0 Å². The molecule has 0 radical (unpaired) electrons. The first-order valence-electron chi connectivity index (χ1n) is 6.38. The molecule has 2 rings (SSSR count). The molecule has 0 saturated carbocycles. The Morgan fingerprint density at radius 1 is 1.21 bits per heavy atom. The maximum Gasteiger partial charge on any atom is 0.254 e. The van der Waals surface area contributed by atoms with Gasteiger partial charge in [-0.3, -0.25) is 4.79 Å². The molecule has 1 N–H and O–H groups in total. The summed E-state index contributed by atoms with van der Waals surface area (Å²) in [5, 5.41) is 0. The minimum Gasteiger partial charge on any atom is -0.310 e. The van der Waals surface area contributed by atoms with Crippen LogP contribution in [0.1, 0.15) is 29.6 Å². The van der Waals surface area contributed by atoms with Gasteiger partial charge < -0.3 is 4.98 Å². The van der Waals surface area contributed by atoms with E-state index >= 15 is 0 Å². The number of nitrogens with zero attached hydrogens (tertiary/aromatic N) is 1. The van der Waals surface area contributed by atoms with Gasteiger partial charge in [0.25, 0.3) is 5.56 Å². The quantitative estimate of drug-likeness (QED) is 0.871. The summed E-state index contributed by atoms with van der Waals surface area (Å²) in [6.07, 6.45) is 0.722. The summed E-state index contributed by atoms with van der Waals surface area (Å²) in [5.41, 5.74) is 2.86. The number of nitrogens with one attached hydrogen (secondary N) is 1. The van der Waals surface area contributed by atoms with E-state index in [-0.39, 0.29) is 5.56 Å². The highest BCUT2D eigenvalue weighted by atomic mass is 32.2. The van der Waals surface area contributed by atoms with Crippen LogP contribution >= 0.6 is 11.8 Å². The minimum atomic E-state index is -0.00509. The third kappa shape index (κ3) is 3.47. The van der Waals surface area contributed by atoms with E-state index in [1.807, 2.05) is 13.8 Å². The summed E-state index contributed by atoms with van der Waals surface area (Å²) in [4.78, 5) is 20.4. The van der Waals surface area contributed by atoms with Gasteiger partial charge in [-0.25, -0.2) is 4.98 Å². The zero-order valence-corrected chi connectivity index (χ0v) is 12.3. The lowest BCUT2D eigenvalue weighted by Crippen LogP contribution is -2.18. The first-order valence-corrected chi connectivity index (χ1v) is 7.37. The van der Waals surface area contributed by atoms with Crippen molar-refractivity contribution < 1.29 is 0 Å². The number of rotatable bonds is 4. The van der Waals surface area contributed by atoms with Gasteiger partial charge in [0.15, 0.2) is 0 Å². The normalized spacial score (nSPS) is 10.7. The maximum absolute atomic E-state index is 11.8. The van der Waals surface area contributed by atoms with Gasteiger partial charge >= 0.3 is 0 Å². The zero-order valence-electron chi connectivity index (χ0n) is 11.5. The van der Waals surface area contributed by atoms with E-state index in [0.717, 1.165) is 23.5 Å². The molecular formula is C15H18N2OS. The summed E-state index contributed by atoms with van der Waals surface area (Å²) in [7, 11) is 0. The fourth-order valence-corrected chi connectivity index (χ4v) is 2.71. The van der Waals surface area contributed by atoms with Crippen molar-refractivity contribution in [1.82, 2.24) is 9.97 Å². The number of hydrogen-bond acceptors (Lipinski definition) is 3. The molecule has 3 nitrogen and oxygen atoms in total. The highest BCUT2D eigenvalue weighted by Crippen LogP contribution is 2.21. The van der Waals surface area contributed by atoms with Gasteiger partial charge in [-0.05, 0) is 32.4 Å². The number of thioether (sulfide) groups is 1. The highest BCUT2D eigenvalue weighted by molar-refractivity contribution is 7.98. The lowest BCUT2D eigenvalue weighted by Gasteiger charge is -2.06. The SMILES string of the molecule is CCc1c(C)nc(CSc2ccc(C)cc2)[nH]c1=O. The van der Waals surface area contributed by atoms with Gasteiger partial charge in [0.1, 0.15) is 5.82 Å². The lowest BCUT2D eigenvalue weighted by atomic mass is 10.2. The second-order valence-corrected chi connectivity index (χ2v) is 5.58. The van der Waals surface area contributed by atoms with Gasteiger partial charge in [-0.1, -0.05) is 24.6 Å². The van der Waals surface area contributed by atoms with E-state index in [2.05, 4.69) is 41.2 Å². The molecule has 0 atom stereocenters. The first-order chi connectivity index (χ1) is 9.10. The molecule has 0 fully saturated rings. The zero-order chi connectivity index (χ0) is 13.8. The van der Waals surface area contributed by atoms with Crippen molar-refractivity contribution in [2.45, 2.75) is 37.8 Å². The van der Waals surface area contributed by atoms with Crippen molar-refractivity contribution in [3.63, 3.8) is 0 Å². The van der Waals surface area contributed by atoms with Crippen LogP contribution in [0.2, 0.25) is 0 Å². The second-order valence-electron chi connectivity index (χ2n) is 4.53. The summed E-state index contributed by atoms with van der Waals surface area (Å²) < 4.78 is 0. The standard InChI is InChI=1S/C15H18N2OS/c1-4-13-11(3)16-14(17-15(13)18)9-19-12-7-5-10(2)6-8-12/h5-8H,4,9H2,1-3H3,(H,16,17,18). The molecule has 0 saturated heterocycles. The summed E-state index contributed by atoms with van der Waals surface area (Å²) in [6, 6.07) is 8.35. The number of benzene rings is 1. The Kier molecular flexibility index (Phi) is 4.43. The van der Waals surface area contributed by atoms with Crippen LogP contribution in [-0.2, 0) is 12.2 Å². The van der Waals surface area contributed by atoms with E-state index in [4.69, 9.17) is 0 Å². The fourth-order valence-electron chi connectivity index (χ4n) is 1.94. The molecule has 4 heteroatoms. The Hall–Kier alpha value is -1.55. The molecule has 2 aromatic rings. The number of hydrogen-bond donors (Lipinski definition) is 1. The molecule has 0 amide bonds. The minimum absolute atomic E-state index is 0.00509. The van der Waals surface area contributed by atoms with Gasteiger partial charge in [0, 0.05) is 16.2 Å². The Morgan fingerprint density at radius 2 is 1.89 bits per heavy atom. The fraction of sp³-hybridized carbons (Fsp3) is 0.333. The summed E-state index contributed by atoms with van der Waals surface area (Å²) in [5.74, 6) is 1.42. The van der Waals surface area contributed by atoms with E-state index in [0.29, 0.717) is 5.75 Å². The molecule has 0 bridgehead atoms. The number of aromatic amines is 1. The van der Waals surface area contributed by atoms with Gasteiger partial charge in [0.05, 0.1) is 5.75 Å². The third-order valence-corrected chi connectivity index (χ3v) is 4.04. The van der Waals surface area contributed by atoms with Crippen molar-refractivity contribution in [1.29, 1.82) is 0 Å². The summed E-state index contributed by atoms with van der Waals surface area (Å²) >= 11 is 1.68. The maximum atomic E-state index is 11.8. The van der Waals surface area contributed by atoms with Crippen LogP contribution in [0.5, 0.6) is 0 Å². The van der Waals surface area contributed by atoms with Crippen molar-refractivity contribution in [3.8, 4) is 0 Å². The average Bonchev–Trinajstić information content (AvgIpc) is 2.38. The van der Waals surface area contributed by atoms with Crippen molar-refractivity contribution >= 4 is 11.8 Å². The molecule has 1 aromatic heterocycles. The molecule has 19 heavy (non-hydrogen) atoms. The second kappa shape index (κ2) is 6.06. The molecule has 0 aliphatic rings. The van der Waals surface area contributed by atoms with Crippen molar-refractivity contribution in [2.24, 2.45) is 0 Å². The number of aromatic nitrogens is 2. The Bertz CT molecular complexity index is 617. The van der Waals surface area contributed by atoms with E-state index in [1.54, 1.807) is 11.8 Å². The first kappa shape index (κ1) is 13.9. The molecule has 1 aromatic carbocycles. The van der Waals surface area contributed by atoms with E-state index in [9.17, 15) is 4.79 Å². The smallest absolute Gasteiger partial charge is 0.254 e. The predicted octanol–water partition coefficient (Wildman–Crippen LogP) is 3.24. The van der Waals surface area contributed by atoms with Crippen molar-refractivity contribution in [2.75, 3.05) is 0 Å². The van der Waals surface area contributed by atoms with Gasteiger partial charge in [-0.15, -0.1) is 11.8 Å². The molecule has 0 unspecified atom stereocenters. The largest absolute Gasteiger partial charge is 0.310 e. The number of aryl methyl sites for hydroxylation is 2. The van der Waals surface area contributed by atoms with E-state index < -0.39 is 0 Å². The lowest BCUT2D eigenvalue weighted by molar-refractivity contribution is 0.907. The van der Waals surface area contributed by atoms with Gasteiger partial charge in [-0.2, -0.15) is 0 Å². The predicted molar refractivity (Wildman–Crippen MR) is 79.7 cm³/mol. The summed E-state index contributed by atoms with van der Waals surface area (Å²) in [6.45, 7) is 5.94. The van der Waals surface area contributed by atoms with Crippen LogP contribution in [-0.4, -0.2) is 9.97 Å². The molecule has 100 valence electrons. The Balaban J connectivity index is 2.12. The van der Waals surface area contributed by atoms with Crippen LogP contribution in [0.4, 0.5) is 0 Å². The Labute approximate surface area is 117 Å². The molecular weight excluding hydrogens is 256 g/mol. The highest BCUT2D eigenvalue weighted by Gasteiger charge is 2.06. The Morgan fingerprint density at radius 3 is 2.47 bits per heavy atom. The monoisotopic (exact) mass is 274 g/mol. The van der Waals surface area contributed by atoms with Crippen LogP contribution < -0.4 is 5.56 Å². The number of H-pyrrole nitrogens is 1. The molecule has 0 aliphatic carbocycles. The average molecular weight is 274 g/mol. The van der Waals surface area contributed by atoms with Crippen molar-refractivity contribution in [3.05, 3.63) is 57.3 Å². The molecule has 0 spiro atoms. The topological polar surface area (TPSA) is 45.8 Å². The molecule has 1 heterocycles. The van der Waals surface area contributed by atoms with Crippen LogP contribution in [0, 0.1) is 13.8 Å². The van der Waals surface area contributed by atoms with Gasteiger partial charge in [0.2, 0.25) is 0 Å². The van der Waals surface area contributed by atoms with Crippen LogP contribution in [0.25, 0.3) is 0 Å². The van der Waals surface area contributed by atoms with E-state index in [1.165, 1.54) is 10.5 Å². The van der Waals surface area contributed by atoms with Crippen LogP contribution in [0.15, 0.2) is 34.0 Å². The molecule has 0 aliphatic heterocycles. The third-order valence-electron chi connectivity index (χ3n) is 3.02.